The fraction of sp³-hybridized carbons (Fsp3) is 0.136. The highest BCUT2D eigenvalue weighted by Crippen LogP contribution is 2.24. The number of nitrogens with one attached hydrogen (secondary N) is 2. The van der Waals surface area contributed by atoms with E-state index >= 15 is 0 Å². The minimum absolute atomic E-state index is 0.103. The first-order chi connectivity index (χ1) is 14.3. The third-order valence-corrected chi connectivity index (χ3v) is 6.55. The molecule has 0 radical (unpaired) electrons. The van der Waals surface area contributed by atoms with E-state index in [9.17, 15) is 13.2 Å². The minimum atomic E-state index is -3.81. The molecule has 8 heteroatoms. The van der Waals surface area contributed by atoms with Crippen molar-refractivity contribution in [2.45, 2.75) is 16.7 Å². The number of aryl methyl sites for hydroxylation is 1. The van der Waals surface area contributed by atoms with E-state index in [0.717, 1.165) is 4.90 Å². The number of methoxy groups -OCH3 is 1. The maximum atomic E-state index is 12.7. The first kappa shape index (κ1) is 21.7. The second kappa shape index (κ2) is 9.23. The van der Waals surface area contributed by atoms with Gasteiger partial charge in [0.25, 0.3) is 15.9 Å². The number of hydrogen-bond acceptors (Lipinski definition) is 5. The molecular formula is C22H22N2O4S2. The number of thioether (sulfide) groups is 1. The van der Waals surface area contributed by atoms with E-state index in [1.165, 1.54) is 25.3 Å². The average molecular weight is 443 g/mol. The van der Waals surface area contributed by atoms with E-state index in [2.05, 4.69) is 10.0 Å². The van der Waals surface area contributed by atoms with Crippen molar-refractivity contribution in [3.63, 3.8) is 0 Å². The molecule has 0 saturated heterocycles. The summed E-state index contributed by atoms with van der Waals surface area (Å²) in [5, 5.41) is 2.84. The van der Waals surface area contributed by atoms with Gasteiger partial charge >= 0.3 is 0 Å². The van der Waals surface area contributed by atoms with Gasteiger partial charge < -0.3 is 10.1 Å². The zero-order valence-corrected chi connectivity index (χ0v) is 18.4. The third-order valence-electron chi connectivity index (χ3n) is 4.44. The first-order valence-corrected chi connectivity index (χ1v) is 11.8. The van der Waals surface area contributed by atoms with Crippen molar-refractivity contribution in [2.75, 3.05) is 23.4 Å². The molecule has 30 heavy (non-hydrogen) atoms. The molecule has 0 saturated carbocycles. The van der Waals surface area contributed by atoms with E-state index in [0.29, 0.717) is 28.3 Å². The summed E-state index contributed by atoms with van der Waals surface area (Å²) in [5.74, 6) is 0.243. The molecule has 0 aliphatic heterocycles. The lowest BCUT2D eigenvalue weighted by Gasteiger charge is -2.13. The lowest BCUT2D eigenvalue weighted by molar-refractivity contribution is 0.102. The van der Waals surface area contributed by atoms with Gasteiger partial charge in [0.05, 0.1) is 17.7 Å². The fourth-order valence-electron chi connectivity index (χ4n) is 2.74. The van der Waals surface area contributed by atoms with Crippen molar-refractivity contribution in [2.24, 2.45) is 0 Å². The Morgan fingerprint density at radius 1 is 1.00 bits per heavy atom. The lowest BCUT2D eigenvalue weighted by atomic mass is 10.1. The van der Waals surface area contributed by atoms with Crippen LogP contribution in [0.2, 0.25) is 0 Å². The number of hydrogen-bond donors (Lipinski definition) is 2. The zero-order chi connectivity index (χ0) is 21.7. The van der Waals surface area contributed by atoms with Crippen LogP contribution in [0, 0.1) is 6.92 Å². The summed E-state index contributed by atoms with van der Waals surface area (Å²) in [6.07, 6.45) is 1.96. The normalized spacial score (nSPS) is 11.0. The minimum Gasteiger partial charge on any atom is -0.497 e. The van der Waals surface area contributed by atoms with Crippen LogP contribution in [0.15, 0.2) is 76.5 Å². The van der Waals surface area contributed by atoms with Gasteiger partial charge in [-0.05, 0) is 73.3 Å². The number of amides is 1. The Morgan fingerprint density at radius 2 is 1.73 bits per heavy atom. The van der Waals surface area contributed by atoms with Crippen LogP contribution in [0.1, 0.15) is 15.9 Å². The monoisotopic (exact) mass is 442 g/mol. The molecule has 3 aromatic rings. The van der Waals surface area contributed by atoms with E-state index in [4.69, 9.17) is 4.74 Å². The van der Waals surface area contributed by atoms with Crippen LogP contribution in [0.25, 0.3) is 0 Å². The first-order valence-electron chi connectivity index (χ1n) is 9.05. The Labute approximate surface area is 180 Å². The van der Waals surface area contributed by atoms with Gasteiger partial charge in [-0.15, -0.1) is 11.8 Å². The van der Waals surface area contributed by atoms with Crippen LogP contribution in [0.3, 0.4) is 0 Å². The summed E-state index contributed by atoms with van der Waals surface area (Å²) in [5.41, 5.74) is 2.07. The highest BCUT2D eigenvalue weighted by molar-refractivity contribution is 7.98. The van der Waals surface area contributed by atoms with E-state index < -0.39 is 10.0 Å². The van der Waals surface area contributed by atoms with Crippen molar-refractivity contribution in [1.82, 2.24) is 0 Å². The molecule has 156 valence electrons. The van der Waals surface area contributed by atoms with Crippen LogP contribution in [-0.4, -0.2) is 27.7 Å². The summed E-state index contributed by atoms with van der Waals surface area (Å²) < 4.78 is 33.1. The van der Waals surface area contributed by atoms with Crippen LogP contribution in [-0.2, 0) is 10.0 Å². The molecule has 6 nitrogen and oxygen atoms in total. The Kier molecular flexibility index (Phi) is 6.69. The van der Waals surface area contributed by atoms with Gasteiger partial charge in [0.1, 0.15) is 5.75 Å². The number of anilines is 2. The topological polar surface area (TPSA) is 84.5 Å². The maximum Gasteiger partial charge on any atom is 0.261 e. The molecule has 0 atom stereocenters. The summed E-state index contributed by atoms with van der Waals surface area (Å²) in [6.45, 7) is 1.77. The fourth-order valence-corrected chi connectivity index (χ4v) is 4.32. The maximum absolute atomic E-state index is 12.7. The van der Waals surface area contributed by atoms with Gasteiger partial charge in [0, 0.05) is 16.1 Å². The molecule has 0 aromatic heterocycles. The highest BCUT2D eigenvalue weighted by atomic mass is 32.2. The van der Waals surface area contributed by atoms with Crippen molar-refractivity contribution in [3.05, 3.63) is 77.9 Å². The highest BCUT2D eigenvalue weighted by Gasteiger charge is 2.17. The van der Waals surface area contributed by atoms with Gasteiger partial charge in [-0.25, -0.2) is 8.42 Å². The van der Waals surface area contributed by atoms with Gasteiger partial charge in [0.2, 0.25) is 0 Å². The number of sulfonamides is 1. The summed E-state index contributed by atoms with van der Waals surface area (Å²) in [6, 6.07) is 18.5. The van der Waals surface area contributed by atoms with Crippen molar-refractivity contribution >= 4 is 39.1 Å². The molecule has 0 fully saturated rings. The van der Waals surface area contributed by atoms with Gasteiger partial charge in [-0.1, -0.05) is 12.1 Å². The van der Waals surface area contributed by atoms with E-state index in [1.54, 1.807) is 49.0 Å². The summed E-state index contributed by atoms with van der Waals surface area (Å²) >= 11 is 1.58. The molecule has 1 amide bonds. The van der Waals surface area contributed by atoms with Gasteiger partial charge in [-0.3, -0.25) is 9.52 Å². The van der Waals surface area contributed by atoms with Crippen molar-refractivity contribution in [1.29, 1.82) is 0 Å². The number of carbonyl (C=O) groups is 1. The van der Waals surface area contributed by atoms with E-state index in [1.807, 2.05) is 24.5 Å². The van der Waals surface area contributed by atoms with Crippen molar-refractivity contribution in [3.8, 4) is 5.75 Å². The molecule has 3 aromatic carbocycles. The molecule has 0 bridgehead atoms. The number of rotatable bonds is 7. The quantitative estimate of drug-likeness (QED) is 0.515. The Hall–Kier alpha value is -2.97. The van der Waals surface area contributed by atoms with Crippen LogP contribution in [0.4, 0.5) is 11.4 Å². The lowest BCUT2D eigenvalue weighted by Crippen LogP contribution is -2.16. The van der Waals surface area contributed by atoms with Gasteiger partial charge in [0.15, 0.2) is 0 Å². The molecule has 0 spiro atoms. The molecule has 0 aliphatic carbocycles. The predicted octanol–water partition coefficient (Wildman–Crippen LogP) is 4.78. The van der Waals surface area contributed by atoms with Gasteiger partial charge in [-0.2, -0.15) is 0 Å². The molecule has 0 heterocycles. The molecular weight excluding hydrogens is 420 g/mol. The molecule has 0 unspecified atom stereocenters. The second-order valence-corrected chi connectivity index (χ2v) is 9.06. The summed E-state index contributed by atoms with van der Waals surface area (Å²) in [4.78, 5) is 13.8. The standard InChI is InChI=1S/C22H22N2O4S2/c1-15-7-8-16(22(25)23-17-5-4-6-19(14-17)29-3)13-21(15)24-30(26,27)20-11-9-18(28-2)10-12-20/h4-14,24H,1-3H3,(H,23,25). The molecule has 0 aliphatic rings. The predicted molar refractivity (Wildman–Crippen MR) is 121 cm³/mol. The van der Waals surface area contributed by atoms with Crippen molar-refractivity contribution < 1.29 is 17.9 Å². The molecule has 3 rings (SSSR count). The summed E-state index contributed by atoms with van der Waals surface area (Å²) in [7, 11) is -2.30. The smallest absolute Gasteiger partial charge is 0.261 e. The molecule has 2 N–H and O–H groups in total. The van der Waals surface area contributed by atoms with E-state index in [-0.39, 0.29) is 10.8 Å². The van der Waals surface area contributed by atoms with Crippen LogP contribution >= 0.6 is 11.8 Å². The SMILES string of the molecule is COc1ccc(S(=O)(=O)Nc2cc(C(=O)Nc3cccc(SC)c3)ccc2C)cc1. The Morgan fingerprint density at radius 3 is 2.40 bits per heavy atom. The van der Waals surface area contributed by atoms with Crippen LogP contribution in [0.5, 0.6) is 5.75 Å². The average Bonchev–Trinajstić information content (AvgIpc) is 2.75. The second-order valence-electron chi connectivity index (χ2n) is 6.50. The van der Waals surface area contributed by atoms with Crippen LogP contribution < -0.4 is 14.8 Å². The number of benzene rings is 3. The zero-order valence-electron chi connectivity index (χ0n) is 16.8. The number of carbonyl (C=O) groups excluding carboxylic acids is 1. The number of ether oxygens (including phenoxy) is 1. The Balaban J connectivity index is 1.82. The largest absolute Gasteiger partial charge is 0.497 e. The third kappa shape index (κ3) is 5.14. The Bertz CT molecular complexity index is 1160.